The fourth-order valence-electron chi connectivity index (χ4n) is 3.38. The summed E-state index contributed by atoms with van der Waals surface area (Å²) in [6.07, 6.45) is 8.27. The zero-order valence-corrected chi connectivity index (χ0v) is 20.8. The summed E-state index contributed by atoms with van der Waals surface area (Å²) in [4.78, 5) is 8.07. The molecule has 2 aromatic heterocycles. The van der Waals surface area contributed by atoms with Gasteiger partial charge in [0.2, 0.25) is 0 Å². The van der Waals surface area contributed by atoms with Crippen LogP contribution in [0.1, 0.15) is 10.4 Å². The van der Waals surface area contributed by atoms with Gasteiger partial charge in [0.15, 0.2) is 0 Å². The highest BCUT2D eigenvalue weighted by atomic mass is 35.5. The number of halogens is 1. The van der Waals surface area contributed by atoms with Crippen molar-refractivity contribution >= 4 is 33.7 Å². The normalized spacial score (nSPS) is 11.9. The van der Waals surface area contributed by atoms with E-state index in [0.717, 1.165) is 17.3 Å². The molecule has 0 amide bonds. The molecule has 0 saturated carbocycles. The van der Waals surface area contributed by atoms with Crippen LogP contribution in [0.15, 0.2) is 112 Å². The Morgan fingerprint density at radius 1 is 0.970 bits per heavy atom. The number of rotatable bonds is 2. The molecule has 4 aromatic rings. The second-order valence-electron chi connectivity index (χ2n) is 7.23. The molecule has 5 rings (SSSR count). The number of pyridine rings is 1. The van der Waals surface area contributed by atoms with E-state index < -0.39 is 0 Å². The lowest BCUT2D eigenvalue weighted by molar-refractivity contribution is 0.317. The van der Waals surface area contributed by atoms with E-state index >= 15 is 0 Å². The topological polar surface area (TPSA) is 16.1 Å². The van der Waals surface area contributed by atoms with Gasteiger partial charge < -0.3 is 4.90 Å². The number of allylic oxidation sites excluding steroid dienone is 2. The van der Waals surface area contributed by atoms with Gasteiger partial charge in [-0.15, -0.1) is 24.5 Å². The van der Waals surface area contributed by atoms with E-state index in [-0.39, 0.29) is 0 Å². The monoisotopic (exact) mass is 474 g/mol. The molecule has 170 valence electrons. The summed E-state index contributed by atoms with van der Waals surface area (Å²) in [5.74, 6) is 0. The highest BCUT2D eigenvalue weighted by Crippen LogP contribution is 2.30. The second-order valence-corrected chi connectivity index (χ2v) is 9.00. The average molecular weight is 475 g/mol. The van der Waals surface area contributed by atoms with Crippen LogP contribution in [0.5, 0.6) is 0 Å². The van der Waals surface area contributed by atoms with Gasteiger partial charge in [-0.3, -0.25) is 4.98 Å². The molecule has 0 bridgehead atoms. The van der Waals surface area contributed by atoms with Gasteiger partial charge in [-0.05, 0) is 36.0 Å². The molecular weight excluding hydrogens is 444 g/mol. The predicted octanol–water partition coefficient (Wildman–Crippen LogP) is 8.45. The molecule has 4 heteroatoms. The smallest absolute Gasteiger partial charge is 0.0934 e. The summed E-state index contributed by atoms with van der Waals surface area (Å²) in [5, 5.41) is 2.44. The van der Waals surface area contributed by atoms with Crippen LogP contribution in [0.4, 0.5) is 0 Å². The van der Waals surface area contributed by atoms with Crippen molar-refractivity contribution in [3.05, 3.63) is 126 Å². The quantitative estimate of drug-likeness (QED) is 0.214. The van der Waals surface area contributed by atoms with Crippen LogP contribution in [-0.4, -0.2) is 23.5 Å². The first-order valence-corrected chi connectivity index (χ1v) is 11.9. The minimum absolute atomic E-state index is 0.935. The Morgan fingerprint density at radius 2 is 1.64 bits per heavy atom. The highest BCUT2D eigenvalue weighted by Gasteiger charge is 2.15. The molecule has 33 heavy (non-hydrogen) atoms. The Hall–Kier alpha value is -2.98. The van der Waals surface area contributed by atoms with Crippen LogP contribution in [0.25, 0.3) is 21.9 Å². The van der Waals surface area contributed by atoms with Crippen LogP contribution in [-0.2, 0) is 13.0 Å². The van der Waals surface area contributed by atoms with Crippen LogP contribution in [0, 0.1) is 0 Å². The SMILES string of the molecule is C=C.C=CC=C.CN1CCc2cc(Cl)sc2C1.c1ccc(-c2cncc3ccccc23)cc1. The van der Waals surface area contributed by atoms with Gasteiger partial charge in [-0.1, -0.05) is 91.5 Å². The lowest BCUT2D eigenvalue weighted by Gasteiger charge is -2.21. The molecule has 3 heterocycles. The summed E-state index contributed by atoms with van der Waals surface area (Å²) in [5.41, 5.74) is 3.86. The molecule has 1 aliphatic heterocycles. The average Bonchev–Trinajstić information content (AvgIpc) is 3.25. The number of nitrogens with zero attached hydrogens (tertiary/aromatic N) is 2. The van der Waals surface area contributed by atoms with Crippen molar-refractivity contribution in [3.8, 4) is 11.1 Å². The first-order chi connectivity index (χ1) is 16.1. The number of benzene rings is 2. The maximum Gasteiger partial charge on any atom is 0.0934 e. The third-order valence-corrected chi connectivity index (χ3v) is 6.25. The maximum absolute atomic E-state index is 5.90. The number of hydrogen-bond donors (Lipinski definition) is 0. The molecule has 0 saturated heterocycles. The van der Waals surface area contributed by atoms with Crippen molar-refractivity contribution < 1.29 is 0 Å². The van der Waals surface area contributed by atoms with Crippen LogP contribution in [0.2, 0.25) is 4.34 Å². The van der Waals surface area contributed by atoms with Gasteiger partial charge in [0.25, 0.3) is 0 Å². The van der Waals surface area contributed by atoms with Gasteiger partial charge in [-0.25, -0.2) is 0 Å². The predicted molar refractivity (Wildman–Crippen MR) is 148 cm³/mol. The molecule has 0 unspecified atom stereocenters. The van der Waals surface area contributed by atoms with Crippen molar-refractivity contribution in [3.63, 3.8) is 0 Å². The molecule has 0 spiro atoms. The summed E-state index contributed by atoms with van der Waals surface area (Å²) >= 11 is 7.62. The fraction of sp³-hybridized carbons (Fsp3) is 0.138. The van der Waals surface area contributed by atoms with Crippen LogP contribution in [0.3, 0.4) is 0 Å². The van der Waals surface area contributed by atoms with E-state index in [2.05, 4.69) is 91.8 Å². The van der Waals surface area contributed by atoms with Gasteiger partial charge >= 0.3 is 0 Å². The maximum atomic E-state index is 5.90. The van der Waals surface area contributed by atoms with Gasteiger partial charge in [-0.2, -0.15) is 0 Å². The van der Waals surface area contributed by atoms with Crippen LogP contribution < -0.4 is 0 Å². The molecule has 0 fully saturated rings. The van der Waals surface area contributed by atoms with E-state index in [1.54, 1.807) is 23.5 Å². The molecule has 2 nitrogen and oxygen atoms in total. The summed E-state index contributed by atoms with van der Waals surface area (Å²) in [7, 11) is 2.15. The lowest BCUT2D eigenvalue weighted by atomic mass is 10.0. The van der Waals surface area contributed by atoms with E-state index in [4.69, 9.17) is 11.6 Å². The standard InChI is InChI=1S/C15H11N.C8H10ClNS.C4H6.C2H4/c1-2-6-12(7-3-1)15-11-16-10-13-8-4-5-9-14(13)15;1-10-3-2-6-4-8(9)11-7(6)5-10;1-3-4-2;1-2/h1-11H;4H,2-3,5H2,1H3;3-4H,1-2H2;1-2H2. The van der Waals surface area contributed by atoms with Crippen LogP contribution >= 0.6 is 22.9 Å². The molecule has 0 aliphatic carbocycles. The number of aromatic nitrogens is 1. The van der Waals surface area contributed by atoms with Crippen molar-refractivity contribution in [2.24, 2.45) is 0 Å². The first-order valence-electron chi connectivity index (χ1n) is 10.7. The molecule has 0 N–H and O–H groups in total. The van der Waals surface area contributed by atoms with Gasteiger partial charge in [0, 0.05) is 41.3 Å². The third kappa shape index (κ3) is 7.83. The van der Waals surface area contributed by atoms with E-state index in [0.29, 0.717) is 0 Å². The lowest BCUT2D eigenvalue weighted by Crippen LogP contribution is -2.24. The van der Waals surface area contributed by atoms with Crippen molar-refractivity contribution in [2.45, 2.75) is 13.0 Å². The Balaban J connectivity index is 0.000000197. The first kappa shape index (κ1) is 26.3. The number of thiophene rings is 1. The summed E-state index contributed by atoms with van der Waals surface area (Å²) in [6.45, 7) is 15.0. The van der Waals surface area contributed by atoms with Crippen molar-refractivity contribution in [1.82, 2.24) is 9.88 Å². The Kier molecular flexibility index (Phi) is 11.3. The zero-order chi connectivity index (χ0) is 24.1. The Bertz CT molecular complexity index is 1140. The highest BCUT2D eigenvalue weighted by molar-refractivity contribution is 7.16. The number of likely N-dealkylation sites (N-methyl/N-ethyl adjacent to an activating group) is 1. The molecule has 1 aliphatic rings. The third-order valence-electron chi connectivity index (χ3n) is 4.96. The minimum Gasteiger partial charge on any atom is -0.301 e. The van der Waals surface area contributed by atoms with E-state index in [1.165, 1.54) is 38.9 Å². The van der Waals surface area contributed by atoms with Gasteiger partial charge in [0.05, 0.1) is 4.34 Å². The zero-order valence-electron chi connectivity index (χ0n) is 19.2. The second kappa shape index (κ2) is 14.2. The summed E-state index contributed by atoms with van der Waals surface area (Å²) < 4.78 is 0.935. The molecule has 2 aromatic carbocycles. The largest absolute Gasteiger partial charge is 0.301 e. The summed E-state index contributed by atoms with van der Waals surface area (Å²) in [6, 6.07) is 20.8. The molecular formula is C29H31ClN2S. The Labute approximate surface area is 207 Å². The van der Waals surface area contributed by atoms with E-state index in [9.17, 15) is 0 Å². The molecule has 0 radical (unpaired) electrons. The Morgan fingerprint density at radius 3 is 2.33 bits per heavy atom. The van der Waals surface area contributed by atoms with Gasteiger partial charge in [0.1, 0.15) is 0 Å². The van der Waals surface area contributed by atoms with Crippen molar-refractivity contribution in [2.75, 3.05) is 13.6 Å². The number of fused-ring (bicyclic) bond motifs is 2. The number of hydrogen-bond acceptors (Lipinski definition) is 3. The molecule has 0 atom stereocenters. The fourth-order valence-corrected chi connectivity index (χ4v) is 4.80. The van der Waals surface area contributed by atoms with Crippen molar-refractivity contribution in [1.29, 1.82) is 0 Å². The van der Waals surface area contributed by atoms with E-state index in [1.807, 2.05) is 24.5 Å². The minimum atomic E-state index is 0.935.